The Morgan fingerprint density at radius 3 is 1.91 bits per heavy atom. The van der Waals surface area contributed by atoms with Gasteiger partial charge in [-0.1, -0.05) is 12.1 Å². The van der Waals surface area contributed by atoms with Crippen LogP contribution in [0.3, 0.4) is 0 Å². The molecule has 1 aromatic heterocycles. The topological polar surface area (TPSA) is 83.7 Å². The van der Waals surface area contributed by atoms with E-state index in [1.165, 1.54) is 0 Å². The molecule has 0 amide bonds. The van der Waals surface area contributed by atoms with Crippen molar-refractivity contribution in [1.29, 1.82) is 0 Å². The minimum Gasteiger partial charge on any atom is -0.344 e. The summed E-state index contributed by atoms with van der Waals surface area (Å²) in [6.45, 7) is 0. The molecule has 1 heterocycles. The molecule has 1 aromatic carbocycles. The van der Waals surface area contributed by atoms with Gasteiger partial charge in [0.05, 0.1) is 11.0 Å². The molecule has 5 N–H and O–H groups in total. The molecule has 11 heavy (non-hydrogen) atoms. The van der Waals surface area contributed by atoms with Crippen LogP contribution in [0.5, 0.6) is 0 Å². The molecule has 0 spiro atoms. The smallest absolute Gasteiger partial charge is 0.323 e. The summed E-state index contributed by atoms with van der Waals surface area (Å²) in [6.07, 6.45) is 0. The highest BCUT2D eigenvalue weighted by atomic mass is 16.1. The normalized spacial score (nSPS) is 9.45. The first-order valence-corrected chi connectivity index (χ1v) is 3.03. The maximum absolute atomic E-state index is 10.7. The van der Waals surface area contributed by atoms with Crippen LogP contribution in [0.4, 0.5) is 0 Å². The molecule has 2 aromatic rings. The largest absolute Gasteiger partial charge is 0.344 e. The lowest BCUT2D eigenvalue weighted by molar-refractivity contribution is 1.22. The Morgan fingerprint density at radius 2 is 1.45 bits per heavy atom. The Kier molecular flexibility index (Phi) is 1.78. The zero-order chi connectivity index (χ0) is 6.97. The number of aromatic amines is 2. The van der Waals surface area contributed by atoms with Crippen molar-refractivity contribution in [1.82, 2.24) is 16.1 Å². The zero-order valence-corrected chi connectivity index (χ0v) is 5.92. The van der Waals surface area contributed by atoms with Gasteiger partial charge in [0.2, 0.25) is 0 Å². The van der Waals surface area contributed by atoms with Crippen LogP contribution in [0.15, 0.2) is 29.1 Å². The second-order valence-electron chi connectivity index (χ2n) is 2.12. The van der Waals surface area contributed by atoms with E-state index in [4.69, 9.17) is 0 Å². The standard InChI is InChI=1S/C7H6N2O.H3N/c10-7-8-5-3-1-2-4-6(5)9-7;/h1-4H,(H2,8,9,10);1H3. The lowest BCUT2D eigenvalue weighted by atomic mass is 10.3. The average Bonchev–Trinajstić information content (AvgIpc) is 2.27. The maximum atomic E-state index is 10.7. The third kappa shape index (κ3) is 1.15. The number of hydrogen-bond donors (Lipinski definition) is 3. The van der Waals surface area contributed by atoms with Crippen LogP contribution in [-0.4, -0.2) is 9.97 Å². The van der Waals surface area contributed by atoms with E-state index in [0.717, 1.165) is 11.0 Å². The summed E-state index contributed by atoms with van der Waals surface area (Å²) in [5.41, 5.74) is 1.56. The van der Waals surface area contributed by atoms with Crippen molar-refractivity contribution in [3.05, 3.63) is 34.7 Å². The number of imidazole rings is 1. The lowest BCUT2D eigenvalue weighted by Crippen LogP contribution is -1.99. The maximum Gasteiger partial charge on any atom is 0.323 e. The van der Waals surface area contributed by atoms with Gasteiger partial charge < -0.3 is 16.1 Å². The molecule has 0 aliphatic carbocycles. The van der Waals surface area contributed by atoms with Crippen LogP contribution < -0.4 is 11.8 Å². The SMILES string of the molecule is N.O=c1[nH]c2ccccc2[nH]1. The number of aromatic nitrogens is 2. The molecular formula is C7H9N3O. The molecule has 0 fully saturated rings. The van der Waals surface area contributed by atoms with Crippen molar-refractivity contribution in [2.75, 3.05) is 0 Å². The molecule has 0 atom stereocenters. The molecule has 0 bridgehead atoms. The average molecular weight is 151 g/mol. The van der Waals surface area contributed by atoms with Gasteiger partial charge in [-0.3, -0.25) is 0 Å². The van der Waals surface area contributed by atoms with E-state index in [0.29, 0.717) is 0 Å². The van der Waals surface area contributed by atoms with Crippen molar-refractivity contribution in [2.24, 2.45) is 0 Å². The van der Waals surface area contributed by atoms with Crippen LogP contribution in [0.2, 0.25) is 0 Å². The van der Waals surface area contributed by atoms with Crippen molar-refractivity contribution < 1.29 is 0 Å². The zero-order valence-electron chi connectivity index (χ0n) is 5.92. The second kappa shape index (κ2) is 2.59. The summed E-state index contributed by atoms with van der Waals surface area (Å²) < 4.78 is 0. The highest BCUT2D eigenvalue weighted by Crippen LogP contribution is 2.03. The number of benzene rings is 1. The third-order valence-electron chi connectivity index (χ3n) is 1.42. The van der Waals surface area contributed by atoms with Gasteiger partial charge in [-0.15, -0.1) is 0 Å². The predicted octanol–water partition coefficient (Wildman–Crippen LogP) is 1.02. The fraction of sp³-hybridized carbons (Fsp3) is 0. The number of fused-ring (bicyclic) bond motifs is 1. The molecule has 0 saturated carbocycles. The van der Waals surface area contributed by atoms with Gasteiger partial charge in [-0.05, 0) is 12.1 Å². The summed E-state index contributed by atoms with van der Waals surface area (Å²) in [5.74, 6) is 0. The van der Waals surface area contributed by atoms with Crippen molar-refractivity contribution >= 4 is 11.0 Å². The molecule has 0 aliphatic heterocycles. The minimum atomic E-state index is -0.152. The van der Waals surface area contributed by atoms with Gasteiger partial charge in [0.15, 0.2) is 0 Å². The fourth-order valence-electron chi connectivity index (χ4n) is 0.977. The number of H-pyrrole nitrogens is 2. The molecule has 58 valence electrons. The first-order valence-electron chi connectivity index (χ1n) is 3.03. The molecule has 2 rings (SSSR count). The highest BCUT2D eigenvalue weighted by Gasteiger charge is 1.92. The van der Waals surface area contributed by atoms with Crippen molar-refractivity contribution in [2.45, 2.75) is 0 Å². The Labute approximate surface area is 62.8 Å². The van der Waals surface area contributed by atoms with Gasteiger partial charge in [0.1, 0.15) is 0 Å². The highest BCUT2D eigenvalue weighted by molar-refractivity contribution is 5.73. The predicted molar refractivity (Wildman–Crippen MR) is 43.9 cm³/mol. The Bertz CT molecular complexity index is 365. The van der Waals surface area contributed by atoms with E-state index in [2.05, 4.69) is 9.97 Å². The van der Waals surface area contributed by atoms with Crippen LogP contribution in [0, 0.1) is 0 Å². The fourth-order valence-corrected chi connectivity index (χ4v) is 0.977. The molecular weight excluding hydrogens is 142 g/mol. The quantitative estimate of drug-likeness (QED) is 0.525. The Morgan fingerprint density at radius 1 is 1.00 bits per heavy atom. The van der Waals surface area contributed by atoms with E-state index < -0.39 is 0 Å². The molecule has 0 radical (unpaired) electrons. The molecule has 0 unspecified atom stereocenters. The molecule has 0 saturated heterocycles. The lowest BCUT2D eigenvalue weighted by Gasteiger charge is -1.81. The van der Waals surface area contributed by atoms with Crippen molar-refractivity contribution in [3.8, 4) is 0 Å². The van der Waals surface area contributed by atoms with Gasteiger partial charge in [-0.2, -0.15) is 0 Å². The molecule has 4 heteroatoms. The number of rotatable bonds is 0. The van der Waals surface area contributed by atoms with E-state index in [1.54, 1.807) is 0 Å². The van der Waals surface area contributed by atoms with E-state index in [-0.39, 0.29) is 11.8 Å². The van der Waals surface area contributed by atoms with Gasteiger partial charge in [0, 0.05) is 0 Å². The van der Waals surface area contributed by atoms with Crippen LogP contribution in [0.1, 0.15) is 0 Å². The Hall–Kier alpha value is -1.55. The summed E-state index contributed by atoms with van der Waals surface area (Å²) in [7, 11) is 0. The van der Waals surface area contributed by atoms with E-state index >= 15 is 0 Å². The first-order chi connectivity index (χ1) is 4.86. The molecule has 4 nitrogen and oxygen atoms in total. The van der Waals surface area contributed by atoms with Crippen LogP contribution >= 0.6 is 0 Å². The summed E-state index contributed by atoms with van der Waals surface area (Å²) >= 11 is 0. The number of nitrogens with one attached hydrogen (secondary N) is 2. The Balaban J connectivity index is 0.000000605. The monoisotopic (exact) mass is 151 g/mol. The summed E-state index contributed by atoms with van der Waals surface area (Å²) in [5, 5.41) is 0. The first kappa shape index (κ1) is 7.56. The molecule has 0 aliphatic rings. The summed E-state index contributed by atoms with van der Waals surface area (Å²) in [6, 6.07) is 7.47. The summed E-state index contributed by atoms with van der Waals surface area (Å²) in [4.78, 5) is 16.0. The van der Waals surface area contributed by atoms with Gasteiger partial charge in [-0.25, -0.2) is 4.79 Å². The van der Waals surface area contributed by atoms with Crippen molar-refractivity contribution in [3.63, 3.8) is 0 Å². The van der Waals surface area contributed by atoms with E-state index in [1.807, 2.05) is 24.3 Å². The van der Waals surface area contributed by atoms with E-state index in [9.17, 15) is 4.79 Å². The number of hydrogen-bond acceptors (Lipinski definition) is 2. The van der Waals surface area contributed by atoms with Gasteiger partial charge in [0.25, 0.3) is 0 Å². The number of para-hydroxylation sites is 2. The third-order valence-corrected chi connectivity index (χ3v) is 1.42. The second-order valence-corrected chi connectivity index (χ2v) is 2.12. The van der Waals surface area contributed by atoms with Crippen LogP contribution in [-0.2, 0) is 0 Å². The van der Waals surface area contributed by atoms with Gasteiger partial charge >= 0.3 is 5.69 Å². The van der Waals surface area contributed by atoms with Crippen LogP contribution in [0.25, 0.3) is 11.0 Å². The minimum absolute atomic E-state index is 0.